The fourth-order valence-corrected chi connectivity index (χ4v) is 3.96. The maximum Gasteiger partial charge on any atom is 0.278 e. The summed E-state index contributed by atoms with van der Waals surface area (Å²) in [5, 5.41) is 0.961. The predicted molar refractivity (Wildman–Crippen MR) is 98.4 cm³/mol. The zero-order chi connectivity index (χ0) is 17.4. The molecule has 6 heteroatoms. The largest absolute Gasteiger partial charge is 0.497 e. The second kappa shape index (κ2) is 6.52. The Bertz CT molecular complexity index is 967. The van der Waals surface area contributed by atoms with E-state index in [2.05, 4.69) is 4.98 Å². The standard InChI is InChI=1S/C19H24N4O2/c1-21-16-7-6-14(25-2)12-15(16)17-18(21)19(24)23(13-20-17)11-10-22-8-4-3-5-9-22/h6-7,12-13H,3-5,8-11H2,1-2H3/p+1. The minimum atomic E-state index is 0.0408. The maximum absolute atomic E-state index is 13.0. The van der Waals surface area contributed by atoms with Gasteiger partial charge in [0.2, 0.25) is 0 Å². The number of likely N-dealkylation sites (tertiary alicyclic amines) is 1. The molecular weight excluding hydrogens is 316 g/mol. The second-order valence-electron chi connectivity index (χ2n) is 6.94. The molecular formula is C19H25N4O2+. The Morgan fingerprint density at radius 1 is 1.24 bits per heavy atom. The van der Waals surface area contributed by atoms with Gasteiger partial charge in [-0.05, 0) is 37.5 Å². The number of piperidine rings is 1. The second-order valence-corrected chi connectivity index (χ2v) is 6.94. The first-order chi connectivity index (χ1) is 12.2. The Hall–Kier alpha value is -2.34. The smallest absolute Gasteiger partial charge is 0.278 e. The summed E-state index contributed by atoms with van der Waals surface area (Å²) >= 11 is 0. The highest BCUT2D eigenvalue weighted by Crippen LogP contribution is 2.27. The van der Waals surface area contributed by atoms with Crippen LogP contribution in [0.5, 0.6) is 5.75 Å². The van der Waals surface area contributed by atoms with Gasteiger partial charge in [0.1, 0.15) is 16.8 Å². The molecule has 25 heavy (non-hydrogen) atoms. The number of rotatable bonds is 4. The van der Waals surface area contributed by atoms with Crippen LogP contribution in [-0.4, -0.2) is 40.9 Å². The molecule has 1 aliphatic rings. The molecule has 3 heterocycles. The Labute approximate surface area is 146 Å². The Morgan fingerprint density at radius 2 is 2.04 bits per heavy atom. The maximum atomic E-state index is 13.0. The van der Waals surface area contributed by atoms with Crippen molar-refractivity contribution in [2.75, 3.05) is 26.7 Å². The van der Waals surface area contributed by atoms with Gasteiger partial charge in [-0.2, -0.15) is 0 Å². The summed E-state index contributed by atoms with van der Waals surface area (Å²) in [5.74, 6) is 0.777. The molecule has 6 nitrogen and oxygen atoms in total. The first-order valence-corrected chi connectivity index (χ1v) is 9.04. The summed E-state index contributed by atoms with van der Waals surface area (Å²) in [7, 11) is 3.58. The first kappa shape index (κ1) is 16.1. The van der Waals surface area contributed by atoms with E-state index in [0.29, 0.717) is 5.52 Å². The molecule has 132 valence electrons. The molecule has 1 aliphatic heterocycles. The van der Waals surface area contributed by atoms with Gasteiger partial charge in [-0.3, -0.25) is 9.36 Å². The molecule has 0 amide bonds. The molecule has 1 saturated heterocycles. The molecule has 0 radical (unpaired) electrons. The molecule has 0 aliphatic carbocycles. The lowest BCUT2D eigenvalue weighted by Crippen LogP contribution is -3.13. The van der Waals surface area contributed by atoms with E-state index in [9.17, 15) is 4.79 Å². The third kappa shape index (κ3) is 2.80. The summed E-state index contributed by atoms with van der Waals surface area (Å²) in [6, 6.07) is 5.85. The van der Waals surface area contributed by atoms with E-state index in [1.165, 1.54) is 32.4 Å². The summed E-state index contributed by atoms with van der Waals surface area (Å²) in [6.45, 7) is 4.16. The average Bonchev–Trinajstić information content (AvgIpc) is 2.94. The third-order valence-electron chi connectivity index (χ3n) is 5.44. The molecule has 1 N–H and O–H groups in total. The highest BCUT2D eigenvalue weighted by molar-refractivity contribution is 6.05. The van der Waals surface area contributed by atoms with E-state index in [1.54, 1.807) is 22.9 Å². The molecule has 0 bridgehead atoms. The van der Waals surface area contributed by atoms with Gasteiger partial charge in [-0.25, -0.2) is 4.98 Å². The lowest BCUT2D eigenvalue weighted by atomic mass is 10.1. The molecule has 1 aromatic carbocycles. The molecule has 0 atom stereocenters. The number of hydrogen-bond acceptors (Lipinski definition) is 3. The van der Waals surface area contributed by atoms with Crippen molar-refractivity contribution in [2.24, 2.45) is 7.05 Å². The van der Waals surface area contributed by atoms with Crippen LogP contribution in [0.1, 0.15) is 19.3 Å². The molecule has 1 fully saturated rings. The van der Waals surface area contributed by atoms with Crippen molar-refractivity contribution in [3.63, 3.8) is 0 Å². The van der Waals surface area contributed by atoms with Gasteiger partial charge >= 0.3 is 0 Å². The molecule has 0 saturated carbocycles. The van der Waals surface area contributed by atoms with Crippen LogP contribution in [0, 0.1) is 0 Å². The Kier molecular flexibility index (Phi) is 4.21. The van der Waals surface area contributed by atoms with Gasteiger partial charge in [-0.15, -0.1) is 0 Å². The molecule has 4 rings (SSSR count). The monoisotopic (exact) mass is 341 g/mol. The Balaban J connectivity index is 1.73. The van der Waals surface area contributed by atoms with E-state index in [1.807, 2.05) is 29.8 Å². The van der Waals surface area contributed by atoms with Crippen molar-refractivity contribution < 1.29 is 9.64 Å². The minimum Gasteiger partial charge on any atom is -0.497 e. The highest BCUT2D eigenvalue weighted by atomic mass is 16.5. The summed E-state index contributed by atoms with van der Waals surface area (Å²) < 4.78 is 9.03. The van der Waals surface area contributed by atoms with E-state index in [4.69, 9.17) is 4.74 Å². The van der Waals surface area contributed by atoms with E-state index in [0.717, 1.165) is 35.3 Å². The Morgan fingerprint density at radius 3 is 2.80 bits per heavy atom. The normalized spacial score (nSPS) is 15.9. The van der Waals surface area contributed by atoms with Crippen LogP contribution in [0.3, 0.4) is 0 Å². The molecule has 2 aromatic heterocycles. The van der Waals surface area contributed by atoms with E-state index < -0.39 is 0 Å². The topological polar surface area (TPSA) is 53.5 Å². The van der Waals surface area contributed by atoms with Crippen molar-refractivity contribution in [3.05, 3.63) is 34.9 Å². The summed E-state index contributed by atoms with van der Waals surface area (Å²) in [6.07, 6.45) is 5.64. The fraction of sp³-hybridized carbons (Fsp3) is 0.474. The van der Waals surface area contributed by atoms with Crippen LogP contribution in [0.4, 0.5) is 0 Å². The third-order valence-corrected chi connectivity index (χ3v) is 5.44. The van der Waals surface area contributed by atoms with E-state index in [-0.39, 0.29) is 5.56 Å². The first-order valence-electron chi connectivity index (χ1n) is 9.04. The number of methoxy groups -OCH3 is 1. The summed E-state index contributed by atoms with van der Waals surface area (Å²) in [4.78, 5) is 19.2. The van der Waals surface area contributed by atoms with Crippen LogP contribution in [-0.2, 0) is 13.6 Å². The number of nitrogens with one attached hydrogen (secondary N) is 1. The van der Waals surface area contributed by atoms with Crippen molar-refractivity contribution >= 4 is 21.9 Å². The zero-order valence-corrected chi connectivity index (χ0v) is 14.9. The number of benzene rings is 1. The lowest BCUT2D eigenvalue weighted by molar-refractivity contribution is -0.905. The summed E-state index contributed by atoms with van der Waals surface area (Å²) in [5.41, 5.74) is 2.46. The van der Waals surface area contributed by atoms with Crippen LogP contribution in [0.15, 0.2) is 29.3 Å². The quantitative estimate of drug-likeness (QED) is 0.769. The average molecular weight is 341 g/mol. The number of fused-ring (bicyclic) bond motifs is 3. The zero-order valence-electron chi connectivity index (χ0n) is 14.9. The van der Waals surface area contributed by atoms with Crippen molar-refractivity contribution in [2.45, 2.75) is 25.8 Å². The lowest BCUT2D eigenvalue weighted by Gasteiger charge is -2.23. The predicted octanol–water partition coefficient (Wildman–Crippen LogP) is 0.966. The van der Waals surface area contributed by atoms with E-state index >= 15 is 0 Å². The molecule has 3 aromatic rings. The van der Waals surface area contributed by atoms with Crippen LogP contribution in [0.25, 0.3) is 21.9 Å². The number of nitrogens with zero attached hydrogens (tertiary/aromatic N) is 3. The van der Waals surface area contributed by atoms with Crippen molar-refractivity contribution in [1.29, 1.82) is 0 Å². The van der Waals surface area contributed by atoms with Gasteiger partial charge in [0.15, 0.2) is 0 Å². The van der Waals surface area contributed by atoms with Gasteiger partial charge in [0, 0.05) is 12.4 Å². The number of ether oxygens (including phenoxy) is 1. The number of aryl methyl sites for hydroxylation is 1. The van der Waals surface area contributed by atoms with Crippen LogP contribution < -0.4 is 15.2 Å². The highest BCUT2D eigenvalue weighted by Gasteiger charge is 2.17. The number of hydrogen-bond donors (Lipinski definition) is 1. The van der Waals surface area contributed by atoms with Crippen LogP contribution in [0.2, 0.25) is 0 Å². The van der Waals surface area contributed by atoms with Crippen molar-refractivity contribution in [1.82, 2.24) is 14.1 Å². The SMILES string of the molecule is COc1ccc2c(c1)c1ncn(CC[NH+]3CCCCC3)c(=O)c1n2C. The van der Waals surface area contributed by atoms with Gasteiger partial charge in [0.05, 0.1) is 45.1 Å². The van der Waals surface area contributed by atoms with Crippen LogP contribution >= 0.6 is 0 Å². The molecule has 0 unspecified atom stereocenters. The number of aromatic nitrogens is 3. The minimum absolute atomic E-state index is 0.0408. The fourth-order valence-electron chi connectivity index (χ4n) is 3.96. The van der Waals surface area contributed by atoms with Gasteiger partial charge in [0.25, 0.3) is 5.56 Å². The van der Waals surface area contributed by atoms with Gasteiger partial charge in [-0.1, -0.05) is 0 Å². The molecule has 0 spiro atoms. The van der Waals surface area contributed by atoms with Gasteiger partial charge < -0.3 is 14.2 Å². The number of quaternary nitrogens is 1. The van der Waals surface area contributed by atoms with Crippen molar-refractivity contribution in [3.8, 4) is 5.75 Å².